The van der Waals surface area contributed by atoms with Crippen LogP contribution in [0.1, 0.15) is 22.8 Å². The highest BCUT2D eigenvalue weighted by Crippen LogP contribution is 2.47. The fourth-order valence-corrected chi connectivity index (χ4v) is 3.48. The average Bonchev–Trinajstić information content (AvgIpc) is 3.46. The molecule has 40 heavy (non-hydrogen) atoms. The summed E-state index contributed by atoms with van der Waals surface area (Å²) in [4.78, 5) is 18.8. The van der Waals surface area contributed by atoms with Gasteiger partial charge in [-0.1, -0.05) is 0 Å². The number of alkyl halides is 6. The Morgan fingerprint density at radius 2 is 1.77 bits per heavy atom. The number of aliphatic hydroxyl groups excluding tert-OH is 1. The number of halogens is 7. The molecule has 210 valence electrons. The molecule has 1 atom stereocenters. The molecule has 3 aromatic rings. The van der Waals surface area contributed by atoms with Gasteiger partial charge in [0.25, 0.3) is 0 Å². The molecule has 8 nitrogen and oxygen atoms in total. The molecule has 2 aromatic carbocycles. The predicted octanol–water partition coefficient (Wildman–Crippen LogP) is 5.67. The van der Waals surface area contributed by atoms with Crippen molar-refractivity contribution in [3.63, 3.8) is 0 Å². The van der Waals surface area contributed by atoms with Crippen molar-refractivity contribution in [1.82, 2.24) is 9.88 Å². The van der Waals surface area contributed by atoms with Crippen LogP contribution in [0.4, 0.5) is 46.9 Å². The van der Waals surface area contributed by atoms with Gasteiger partial charge >= 0.3 is 18.4 Å². The smallest absolute Gasteiger partial charge is 0.420 e. The summed E-state index contributed by atoms with van der Waals surface area (Å²) in [5.74, 6) is 0.881. The van der Waals surface area contributed by atoms with E-state index in [1.54, 1.807) is 6.92 Å². The van der Waals surface area contributed by atoms with Gasteiger partial charge in [-0.05, 0) is 42.3 Å². The van der Waals surface area contributed by atoms with Crippen molar-refractivity contribution < 1.29 is 49.8 Å². The van der Waals surface area contributed by atoms with E-state index in [1.165, 1.54) is 6.20 Å². The van der Waals surface area contributed by atoms with Crippen LogP contribution < -0.4 is 14.5 Å². The summed E-state index contributed by atoms with van der Waals surface area (Å²) >= 11 is 0. The van der Waals surface area contributed by atoms with Gasteiger partial charge in [0.1, 0.15) is 11.4 Å². The van der Waals surface area contributed by atoms with Crippen LogP contribution in [0, 0.1) is 24.7 Å². The van der Waals surface area contributed by atoms with Gasteiger partial charge in [-0.25, -0.2) is 14.2 Å². The summed E-state index contributed by atoms with van der Waals surface area (Å²) in [5, 5.41) is 10.7. The first-order chi connectivity index (χ1) is 18.6. The van der Waals surface area contributed by atoms with Crippen molar-refractivity contribution in [2.45, 2.75) is 25.6 Å². The molecule has 0 radical (unpaired) electrons. The van der Waals surface area contributed by atoms with Gasteiger partial charge in [-0.2, -0.15) is 26.3 Å². The molecular weight excluding hydrogens is 553 g/mol. The Hall–Kier alpha value is -4.71. The van der Waals surface area contributed by atoms with Gasteiger partial charge in [-0.3, -0.25) is 14.7 Å². The maximum atomic E-state index is 14.0. The molecule has 1 aliphatic rings. The number of carbonyl (C=O) groups is 1. The van der Waals surface area contributed by atoms with Gasteiger partial charge in [0.05, 0.1) is 17.4 Å². The lowest BCUT2D eigenvalue weighted by atomic mass is 10.1. The number of aryl methyl sites for hydroxylation is 1. The van der Waals surface area contributed by atoms with E-state index in [2.05, 4.69) is 16.9 Å². The van der Waals surface area contributed by atoms with Crippen LogP contribution in [-0.4, -0.2) is 34.5 Å². The summed E-state index contributed by atoms with van der Waals surface area (Å²) in [6.45, 7) is 1.54. The number of aliphatic hydroxyl groups is 1. The van der Waals surface area contributed by atoms with Crippen LogP contribution in [0.3, 0.4) is 0 Å². The fraction of sp³-hybridized carbons (Fsp3) is 0.200. The lowest BCUT2D eigenvalue weighted by molar-refractivity contribution is -0.143. The summed E-state index contributed by atoms with van der Waals surface area (Å²) in [7, 11) is 1.10. The van der Waals surface area contributed by atoms with Crippen LogP contribution in [0.25, 0.3) is 0 Å². The predicted molar refractivity (Wildman–Crippen MR) is 125 cm³/mol. The summed E-state index contributed by atoms with van der Waals surface area (Å²) in [5.41, 5.74) is -4.57. The first-order valence-electron chi connectivity index (χ1n) is 11.1. The Labute approximate surface area is 221 Å². The molecule has 1 unspecified atom stereocenters. The second-order valence-electron chi connectivity index (χ2n) is 8.21. The quantitative estimate of drug-likeness (QED) is 0.321. The molecule has 15 heteroatoms. The Bertz CT molecular complexity index is 1500. The lowest BCUT2D eigenvalue weighted by Crippen LogP contribution is -2.37. The number of hydrogen-bond acceptors (Lipinski definition) is 7. The third-order valence-corrected chi connectivity index (χ3v) is 5.47. The first kappa shape index (κ1) is 28.3. The normalized spacial score (nSPS) is 15.2. The summed E-state index contributed by atoms with van der Waals surface area (Å²) in [6.07, 6.45) is -10.7. The zero-order valence-electron chi connectivity index (χ0n) is 20.4. The molecule has 0 bridgehead atoms. The third-order valence-electron chi connectivity index (χ3n) is 5.47. The van der Waals surface area contributed by atoms with Crippen LogP contribution in [-0.2, 0) is 12.4 Å². The summed E-state index contributed by atoms with van der Waals surface area (Å²) in [6, 6.07) is 6.74. The van der Waals surface area contributed by atoms with Crippen molar-refractivity contribution in [3.05, 3.63) is 83.6 Å². The van der Waals surface area contributed by atoms with Crippen molar-refractivity contribution in [2.75, 3.05) is 16.8 Å². The number of anilines is 2. The number of oxazole rings is 1. The molecule has 1 aromatic heterocycles. The van der Waals surface area contributed by atoms with Gasteiger partial charge in [0.15, 0.2) is 17.4 Å². The maximum absolute atomic E-state index is 14.0. The number of ether oxygens (including phenoxy) is 1. The topological polar surface area (TPSA) is 82.3 Å². The van der Waals surface area contributed by atoms with Crippen LogP contribution >= 0.6 is 0 Å². The van der Waals surface area contributed by atoms with E-state index in [1.807, 2.05) is 0 Å². The Kier molecular flexibility index (Phi) is 7.40. The Morgan fingerprint density at radius 1 is 1.10 bits per heavy atom. The largest absolute Gasteiger partial charge is 0.433 e. The molecule has 0 saturated carbocycles. The highest BCUT2D eigenvalue weighted by Gasteiger charge is 2.43. The number of nitrogens with zero attached hydrogens (tertiary/aromatic N) is 4. The highest BCUT2D eigenvalue weighted by molar-refractivity contribution is 5.90. The fourth-order valence-electron chi connectivity index (χ4n) is 3.48. The van der Waals surface area contributed by atoms with E-state index in [0.29, 0.717) is 15.9 Å². The van der Waals surface area contributed by atoms with Gasteiger partial charge in [0, 0.05) is 38.1 Å². The van der Waals surface area contributed by atoms with E-state index in [0.717, 1.165) is 48.6 Å². The SMILES string of the molecule is Cc1ncc(C#CN2C=CN(c3cc(C(F)(F)F)cc(C(F)(F)F)c3OC(=O)N(C)c3ccc(F)cc3)C2O)o1. The molecular formula is C25H17F7N4O4. The van der Waals surface area contributed by atoms with E-state index < -0.39 is 53.2 Å². The van der Waals surface area contributed by atoms with Crippen molar-refractivity contribution >= 4 is 17.5 Å². The minimum atomic E-state index is -5.42. The molecule has 0 spiro atoms. The third kappa shape index (κ3) is 5.96. The van der Waals surface area contributed by atoms with Crippen LogP contribution in [0.2, 0.25) is 0 Å². The zero-order chi connectivity index (χ0) is 29.4. The Balaban J connectivity index is 1.77. The van der Waals surface area contributed by atoms with Gasteiger partial charge < -0.3 is 14.3 Å². The molecule has 1 amide bonds. The van der Waals surface area contributed by atoms with Crippen molar-refractivity contribution in [2.24, 2.45) is 0 Å². The van der Waals surface area contributed by atoms with Crippen molar-refractivity contribution in [3.8, 4) is 17.7 Å². The lowest BCUT2D eigenvalue weighted by Gasteiger charge is -2.29. The molecule has 1 aliphatic heterocycles. The van der Waals surface area contributed by atoms with Crippen LogP contribution in [0.5, 0.6) is 5.75 Å². The number of hydrogen-bond donors (Lipinski definition) is 1. The minimum absolute atomic E-state index is 0.0126. The number of aromatic nitrogens is 1. The van der Waals surface area contributed by atoms with E-state index >= 15 is 0 Å². The second kappa shape index (κ2) is 10.5. The number of carbonyl (C=O) groups excluding carboxylic acids is 1. The van der Waals surface area contributed by atoms with E-state index in [9.17, 15) is 40.6 Å². The number of rotatable bonds is 3. The maximum Gasteiger partial charge on any atom is 0.420 e. The van der Waals surface area contributed by atoms with E-state index in [4.69, 9.17) is 9.15 Å². The standard InChI is InChI=1S/C25H17F7N4O4/c1-14-33-13-18(39-14)7-8-35-9-10-36(22(35)37)20-12-15(24(27,28)29)11-19(25(30,31)32)21(20)40-23(38)34(2)17-5-3-16(26)4-6-17/h3-6,9-13,22,37H,1-2H3. The number of benzene rings is 2. The van der Waals surface area contributed by atoms with E-state index in [-0.39, 0.29) is 23.4 Å². The Morgan fingerprint density at radius 3 is 2.35 bits per heavy atom. The average molecular weight is 570 g/mol. The number of amides is 1. The second-order valence-corrected chi connectivity index (χ2v) is 8.21. The summed E-state index contributed by atoms with van der Waals surface area (Å²) < 4.78 is 106. The zero-order valence-corrected chi connectivity index (χ0v) is 20.4. The van der Waals surface area contributed by atoms with Crippen LogP contribution in [0.15, 0.2) is 59.4 Å². The molecule has 4 rings (SSSR count). The molecule has 0 fully saturated rings. The monoisotopic (exact) mass is 570 g/mol. The first-order valence-corrected chi connectivity index (χ1v) is 11.1. The molecule has 0 aliphatic carbocycles. The molecule has 0 saturated heterocycles. The minimum Gasteiger partial charge on any atom is -0.433 e. The van der Waals surface area contributed by atoms with Gasteiger partial charge in [0.2, 0.25) is 6.35 Å². The molecule has 2 heterocycles. The molecule has 1 N–H and O–H groups in total. The van der Waals surface area contributed by atoms with Crippen molar-refractivity contribution in [1.29, 1.82) is 0 Å². The highest BCUT2D eigenvalue weighted by atomic mass is 19.4. The van der Waals surface area contributed by atoms with Gasteiger partial charge in [-0.15, -0.1) is 0 Å².